The summed E-state index contributed by atoms with van der Waals surface area (Å²) in [6, 6.07) is 7.41. The van der Waals surface area contributed by atoms with Crippen LogP contribution in [0.2, 0.25) is 5.02 Å². The number of hydrogen-bond donors (Lipinski definition) is 1. The predicted octanol–water partition coefficient (Wildman–Crippen LogP) is 2.42. The molecule has 1 fully saturated rings. The average Bonchev–Trinajstić information content (AvgIpc) is 2.78. The summed E-state index contributed by atoms with van der Waals surface area (Å²) in [7, 11) is 0. The van der Waals surface area contributed by atoms with Crippen LogP contribution in [0.25, 0.3) is 0 Å². The van der Waals surface area contributed by atoms with E-state index < -0.39 is 0 Å². The summed E-state index contributed by atoms with van der Waals surface area (Å²) < 4.78 is 0. The largest absolute Gasteiger partial charge is 0.393 e. The second kappa shape index (κ2) is 4.95. The molecule has 2 rings (SSSR count). The summed E-state index contributed by atoms with van der Waals surface area (Å²) in [5.41, 5.74) is 1.53. The molecule has 2 unspecified atom stereocenters. The lowest BCUT2D eigenvalue weighted by molar-refractivity contribution is 0.136. The van der Waals surface area contributed by atoms with Gasteiger partial charge in [-0.1, -0.05) is 11.6 Å². The van der Waals surface area contributed by atoms with E-state index in [1.807, 2.05) is 13.0 Å². The zero-order valence-corrected chi connectivity index (χ0v) is 10.5. The Kier molecular flexibility index (Phi) is 3.56. The molecule has 1 N–H and O–H groups in total. The molecule has 1 aromatic rings. The normalized spacial score (nSPS) is 21.3. The smallest absolute Gasteiger partial charge is 0.0992 e. The fourth-order valence-electron chi connectivity index (χ4n) is 2.23. The van der Waals surface area contributed by atoms with Gasteiger partial charge in [-0.3, -0.25) is 0 Å². The van der Waals surface area contributed by atoms with Gasteiger partial charge in [0, 0.05) is 19.0 Å². The molecule has 3 nitrogen and oxygen atoms in total. The van der Waals surface area contributed by atoms with Crippen molar-refractivity contribution in [2.75, 3.05) is 18.0 Å². The summed E-state index contributed by atoms with van der Waals surface area (Å²) in [5, 5.41) is 19.0. The summed E-state index contributed by atoms with van der Waals surface area (Å²) >= 11 is 6.16. The molecule has 1 aliphatic rings. The Hall–Kier alpha value is -1.24. The van der Waals surface area contributed by atoms with Crippen LogP contribution < -0.4 is 4.90 Å². The lowest BCUT2D eigenvalue weighted by atomic mass is 10.0. The third-order valence-electron chi connectivity index (χ3n) is 3.32. The van der Waals surface area contributed by atoms with Gasteiger partial charge in [0.1, 0.15) is 0 Å². The Morgan fingerprint density at radius 1 is 1.59 bits per heavy atom. The van der Waals surface area contributed by atoms with Crippen molar-refractivity contribution in [3.05, 3.63) is 28.8 Å². The highest BCUT2D eigenvalue weighted by Gasteiger charge is 2.27. The first-order valence-corrected chi connectivity index (χ1v) is 6.12. The fraction of sp³-hybridized carbons (Fsp3) is 0.462. The van der Waals surface area contributed by atoms with Crippen LogP contribution in [-0.2, 0) is 0 Å². The summed E-state index contributed by atoms with van der Waals surface area (Å²) in [6.07, 6.45) is 0.700. The molecular weight excluding hydrogens is 236 g/mol. The first kappa shape index (κ1) is 12.2. The van der Waals surface area contributed by atoms with Crippen molar-refractivity contribution in [2.24, 2.45) is 5.92 Å². The molecule has 1 aliphatic heterocycles. The Bertz CT molecular complexity index is 453. The van der Waals surface area contributed by atoms with Crippen LogP contribution in [-0.4, -0.2) is 24.3 Å². The van der Waals surface area contributed by atoms with Crippen LogP contribution in [0.15, 0.2) is 18.2 Å². The maximum Gasteiger partial charge on any atom is 0.0992 e. The number of anilines is 1. The van der Waals surface area contributed by atoms with E-state index in [0.29, 0.717) is 16.5 Å². The average molecular weight is 251 g/mol. The summed E-state index contributed by atoms with van der Waals surface area (Å²) in [4.78, 5) is 2.17. The van der Waals surface area contributed by atoms with E-state index in [9.17, 15) is 5.11 Å². The molecule has 90 valence electrons. The summed E-state index contributed by atoms with van der Waals surface area (Å²) in [5.74, 6) is 0.307. The first-order chi connectivity index (χ1) is 8.11. The molecule has 0 amide bonds. The molecule has 1 aromatic carbocycles. The molecule has 0 aromatic heterocycles. The highest BCUT2D eigenvalue weighted by molar-refractivity contribution is 6.33. The van der Waals surface area contributed by atoms with Crippen molar-refractivity contribution in [2.45, 2.75) is 19.4 Å². The van der Waals surface area contributed by atoms with Gasteiger partial charge in [-0.25, -0.2) is 0 Å². The SMILES string of the molecule is CC(O)C1CCN(c2ccc(C#N)cc2Cl)C1. The number of benzene rings is 1. The maximum atomic E-state index is 9.57. The maximum absolute atomic E-state index is 9.57. The monoisotopic (exact) mass is 250 g/mol. The number of nitrogens with zero attached hydrogens (tertiary/aromatic N) is 2. The van der Waals surface area contributed by atoms with Crippen molar-refractivity contribution in [1.82, 2.24) is 0 Å². The van der Waals surface area contributed by atoms with E-state index in [-0.39, 0.29) is 6.10 Å². The zero-order chi connectivity index (χ0) is 12.4. The van der Waals surface area contributed by atoms with E-state index in [0.717, 1.165) is 25.2 Å². The second-order valence-electron chi connectivity index (χ2n) is 4.51. The van der Waals surface area contributed by atoms with Gasteiger partial charge in [-0.2, -0.15) is 5.26 Å². The highest BCUT2D eigenvalue weighted by Crippen LogP contribution is 2.31. The highest BCUT2D eigenvalue weighted by atomic mass is 35.5. The number of aliphatic hydroxyl groups excluding tert-OH is 1. The molecule has 0 spiro atoms. The molecule has 1 heterocycles. The molecule has 17 heavy (non-hydrogen) atoms. The predicted molar refractivity (Wildman–Crippen MR) is 68.2 cm³/mol. The minimum atomic E-state index is -0.280. The van der Waals surface area contributed by atoms with Crippen molar-refractivity contribution in [3.8, 4) is 6.07 Å². The summed E-state index contributed by atoms with van der Waals surface area (Å²) in [6.45, 7) is 3.55. The quantitative estimate of drug-likeness (QED) is 0.877. The van der Waals surface area contributed by atoms with Gasteiger partial charge in [0.25, 0.3) is 0 Å². The van der Waals surface area contributed by atoms with E-state index in [1.54, 1.807) is 12.1 Å². The molecule has 0 bridgehead atoms. The standard InChI is InChI=1S/C13H15ClN2O/c1-9(17)11-4-5-16(8-11)13-3-2-10(7-15)6-12(13)14/h2-3,6,9,11,17H,4-5,8H2,1H3. The van der Waals surface area contributed by atoms with Gasteiger partial charge in [0.05, 0.1) is 28.4 Å². The van der Waals surface area contributed by atoms with Crippen molar-refractivity contribution < 1.29 is 5.11 Å². The van der Waals surface area contributed by atoms with Gasteiger partial charge in [-0.15, -0.1) is 0 Å². The van der Waals surface area contributed by atoms with Crippen LogP contribution in [0, 0.1) is 17.2 Å². The van der Waals surface area contributed by atoms with Crippen LogP contribution in [0.3, 0.4) is 0 Å². The van der Waals surface area contributed by atoms with E-state index >= 15 is 0 Å². The first-order valence-electron chi connectivity index (χ1n) is 5.74. The van der Waals surface area contributed by atoms with Crippen LogP contribution in [0.5, 0.6) is 0 Å². The number of hydrogen-bond acceptors (Lipinski definition) is 3. The van der Waals surface area contributed by atoms with Gasteiger partial charge in [0.2, 0.25) is 0 Å². The molecule has 4 heteroatoms. The fourth-order valence-corrected chi connectivity index (χ4v) is 2.53. The number of rotatable bonds is 2. The van der Waals surface area contributed by atoms with Crippen LogP contribution >= 0.6 is 11.6 Å². The Labute approximate surface area is 106 Å². The lowest BCUT2D eigenvalue weighted by Gasteiger charge is -2.21. The van der Waals surface area contributed by atoms with Crippen LogP contribution in [0.1, 0.15) is 18.9 Å². The van der Waals surface area contributed by atoms with Crippen molar-refractivity contribution >= 4 is 17.3 Å². The minimum Gasteiger partial charge on any atom is -0.393 e. The number of halogens is 1. The van der Waals surface area contributed by atoms with Crippen LogP contribution in [0.4, 0.5) is 5.69 Å². The third-order valence-corrected chi connectivity index (χ3v) is 3.63. The molecular formula is C13H15ClN2O. The molecule has 0 aliphatic carbocycles. The van der Waals surface area contributed by atoms with E-state index in [2.05, 4.69) is 11.0 Å². The van der Waals surface area contributed by atoms with Crippen molar-refractivity contribution in [3.63, 3.8) is 0 Å². The lowest BCUT2D eigenvalue weighted by Crippen LogP contribution is -2.24. The Morgan fingerprint density at radius 3 is 2.88 bits per heavy atom. The Balaban J connectivity index is 2.17. The van der Waals surface area contributed by atoms with Crippen molar-refractivity contribution in [1.29, 1.82) is 5.26 Å². The topological polar surface area (TPSA) is 47.3 Å². The number of nitriles is 1. The second-order valence-corrected chi connectivity index (χ2v) is 4.92. The zero-order valence-electron chi connectivity index (χ0n) is 9.73. The molecule has 0 radical (unpaired) electrons. The number of aliphatic hydroxyl groups is 1. The molecule has 0 saturated carbocycles. The Morgan fingerprint density at radius 2 is 2.35 bits per heavy atom. The molecule has 1 saturated heterocycles. The van der Waals surface area contributed by atoms with Gasteiger partial charge >= 0.3 is 0 Å². The molecule has 2 atom stereocenters. The minimum absolute atomic E-state index is 0.280. The van der Waals surface area contributed by atoms with Gasteiger partial charge < -0.3 is 10.0 Å². The van der Waals surface area contributed by atoms with Gasteiger partial charge in [-0.05, 0) is 31.5 Å². The van der Waals surface area contributed by atoms with E-state index in [4.69, 9.17) is 16.9 Å². The third kappa shape index (κ3) is 2.54. The van der Waals surface area contributed by atoms with Gasteiger partial charge in [0.15, 0.2) is 0 Å². The van der Waals surface area contributed by atoms with E-state index in [1.165, 1.54) is 0 Å².